The van der Waals surface area contributed by atoms with Gasteiger partial charge in [-0.05, 0) is 44.0 Å². The third-order valence-electron chi connectivity index (χ3n) is 2.47. The molecule has 0 unspecified atom stereocenters. The van der Waals surface area contributed by atoms with Crippen LogP contribution in [0.1, 0.15) is 11.5 Å². The number of rotatable bonds is 5. The second-order valence-corrected chi connectivity index (χ2v) is 6.60. The van der Waals surface area contributed by atoms with Crippen LogP contribution >= 0.6 is 43.6 Å². The van der Waals surface area contributed by atoms with E-state index in [1.54, 1.807) is 18.9 Å². The van der Waals surface area contributed by atoms with E-state index in [1.165, 1.54) is 0 Å². The number of methoxy groups -OCH3 is 1. The molecule has 7 heteroatoms. The molecule has 0 saturated carbocycles. The van der Waals surface area contributed by atoms with Crippen molar-refractivity contribution in [3.63, 3.8) is 0 Å². The number of nitrogens with zero attached hydrogens (tertiary/aromatic N) is 2. The maximum atomic E-state index is 5.88. The quantitative estimate of drug-likeness (QED) is 0.743. The largest absolute Gasteiger partial charge is 0.383 e. The summed E-state index contributed by atoms with van der Waals surface area (Å²) in [5.41, 5.74) is 6.64. The third-order valence-corrected chi connectivity index (χ3v) is 5.35. The van der Waals surface area contributed by atoms with Crippen molar-refractivity contribution in [3.05, 3.63) is 44.7 Å². The lowest BCUT2D eigenvalue weighted by atomic mass is 10.4. The van der Waals surface area contributed by atoms with Crippen molar-refractivity contribution in [3.8, 4) is 0 Å². The second-order valence-electron chi connectivity index (χ2n) is 3.94. The van der Waals surface area contributed by atoms with Crippen molar-refractivity contribution in [1.82, 2.24) is 9.97 Å². The lowest BCUT2D eigenvalue weighted by Gasteiger charge is -2.08. The Labute approximate surface area is 138 Å². The van der Waals surface area contributed by atoms with Crippen LogP contribution in [0.4, 0.5) is 5.82 Å². The molecule has 0 bridgehead atoms. The van der Waals surface area contributed by atoms with Gasteiger partial charge in [-0.1, -0.05) is 12.1 Å². The van der Waals surface area contributed by atoms with E-state index in [-0.39, 0.29) is 0 Å². The molecule has 0 aliphatic heterocycles. The zero-order valence-corrected chi connectivity index (χ0v) is 14.8. The van der Waals surface area contributed by atoms with E-state index in [9.17, 15) is 0 Å². The Balaban J connectivity index is 2.16. The van der Waals surface area contributed by atoms with E-state index < -0.39 is 0 Å². The van der Waals surface area contributed by atoms with E-state index in [4.69, 9.17) is 10.5 Å². The average molecular weight is 419 g/mol. The van der Waals surface area contributed by atoms with Crippen LogP contribution in [0, 0.1) is 0 Å². The molecule has 2 rings (SSSR count). The van der Waals surface area contributed by atoms with Gasteiger partial charge in [-0.2, -0.15) is 0 Å². The van der Waals surface area contributed by atoms with Gasteiger partial charge in [0.1, 0.15) is 11.6 Å². The number of hydrogen-bond acceptors (Lipinski definition) is 5. The van der Waals surface area contributed by atoms with Crippen LogP contribution in [-0.2, 0) is 17.1 Å². The van der Waals surface area contributed by atoms with Crippen LogP contribution in [0.2, 0.25) is 0 Å². The molecule has 2 N–H and O–H groups in total. The summed E-state index contributed by atoms with van der Waals surface area (Å²) < 4.78 is 6.88. The fourth-order valence-corrected chi connectivity index (χ4v) is 3.28. The minimum atomic E-state index is 0.403. The molecule has 1 aromatic heterocycles. The predicted molar refractivity (Wildman–Crippen MR) is 88.6 cm³/mol. The summed E-state index contributed by atoms with van der Waals surface area (Å²) in [5.74, 6) is 1.78. The van der Waals surface area contributed by atoms with E-state index in [0.717, 1.165) is 15.1 Å². The van der Waals surface area contributed by atoms with Crippen LogP contribution in [0.5, 0.6) is 0 Å². The Bertz CT molecular complexity index is 610. The Morgan fingerprint density at radius 2 is 2.00 bits per heavy atom. The minimum Gasteiger partial charge on any atom is -0.383 e. The summed E-state index contributed by atoms with van der Waals surface area (Å²) in [6.45, 7) is 0.403. The monoisotopic (exact) mass is 417 g/mol. The zero-order valence-electron chi connectivity index (χ0n) is 10.8. The standard InChI is InChI=1S/C13H13Br2N3OS/c1-19-6-9-12(15)13(16)18-11(17-9)7-20-10-5-3-2-4-8(10)14/h2-5H,6-7H2,1H3,(H2,16,17,18). The van der Waals surface area contributed by atoms with Gasteiger partial charge >= 0.3 is 0 Å². The van der Waals surface area contributed by atoms with Crippen molar-refractivity contribution in [1.29, 1.82) is 0 Å². The molecule has 0 aliphatic rings. The minimum absolute atomic E-state index is 0.403. The molecule has 0 amide bonds. The number of nitrogens with two attached hydrogens (primary N) is 1. The first-order valence-corrected chi connectivity index (χ1v) is 8.36. The maximum absolute atomic E-state index is 5.88. The Kier molecular flexibility index (Phi) is 5.83. The van der Waals surface area contributed by atoms with Gasteiger partial charge < -0.3 is 10.5 Å². The van der Waals surface area contributed by atoms with Crippen LogP contribution in [0.25, 0.3) is 0 Å². The third kappa shape index (κ3) is 3.94. The lowest BCUT2D eigenvalue weighted by molar-refractivity contribution is 0.180. The van der Waals surface area contributed by atoms with Gasteiger partial charge in [0.2, 0.25) is 0 Å². The molecule has 4 nitrogen and oxygen atoms in total. The summed E-state index contributed by atoms with van der Waals surface area (Å²) in [7, 11) is 1.63. The van der Waals surface area contributed by atoms with Crippen LogP contribution in [0.15, 0.2) is 38.1 Å². The zero-order chi connectivity index (χ0) is 14.5. The number of thioether (sulfide) groups is 1. The fraction of sp³-hybridized carbons (Fsp3) is 0.231. The number of nitrogen functional groups attached to an aromatic ring is 1. The Hall–Kier alpha value is -0.630. The topological polar surface area (TPSA) is 61.0 Å². The number of aromatic nitrogens is 2. The Morgan fingerprint density at radius 3 is 2.70 bits per heavy atom. The van der Waals surface area contributed by atoms with Crippen molar-refractivity contribution in [2.24, 2.45) is 0 Å². The van der Waals surface area contributed by atoms with Crippen LogP contribution in [-0.4, -0.2) is 17.1 Å². The molecule has 0 fully saturated rings. The number of hydrogen-bond donors (Lipinski definition) is 1. The molecule has 0 radical (unpaired) electrons. The highest BCUT2D eigenvalue weighted by atomic mass is 79.9. The van der Waals surface area contributed by atoms with Crippen molar-refractivity contribution < 1.29 is 4.74 Å². The van der Waals surface area contributed by atoms with E-state index in [1.807, 2.05) is 24.3 Å². The lowest BCUT2D eigenvalue weighted by Crippen LogP contribution is -2.05. The molecule has 1 aromatic carbocycles. The predicted octanol–water partition coefficient (Wildman–Crippen LogP) is 4.02. The first-order valence-electron chi connectivity index (χ1n) is 5.79. The van der Waals surface area contributed by atoms with Crippen molar-refractivity contribution >= 4 is 49.4 Å². The SMILES string of the molecule is COCc1nc(CSc2ccccc2Br)nc(N)c1Br. The maximum Gasteiger partial charge on any atom is 0.141 e. The molecule has 106 valence electrons. The first-order chi connectivity index (χ1) is 9.61. The molecule has 0 spiro atoms. The molecule has 1 heterocycles. The summed E-state index contributed by atoms with van der Waals surface area (Å²) in [6.07, 6.45) is 0. The molecular formula is C13H13Br2N3OS. The van der Waals surface area contributed by atoms with Crippen molar-refractivity contribution in [2.75, 3.05) is 12.8 Å². The molecule has 2 aromatic rings. The number of halogens is 2. The second kappa shape index (κ2) is 7.40. The number of anilines is 1. The van der Waals surface area contributed by atoms with Crippen LogP contribution < -0.4 is 5.73 Å². The average Bonchev–Trinajstić information content (AvgIpc) is 2.43. The molecule has 0 atom stereocenters. The molecule has 0 saturated heterocycles. The van der Waals surface area contributed by atoms with Gasteiger partial charge in [0, 0.05) is 16.5 Å². The normalized spacial score (nSPS) is 10.8. The smallest absolute Gasteiger partial charge is 0.141 e. The van der Waals surface area contributed by atoms with Gasteiger partial charge in [0.05, 0.1) is 22.5 Å². The molecule has 20 heavy (non-hydrogen) atoms. The van der Waals surface area contributed by atoms with Gasteiger partial charge in [-0.25, -0.2) is 9.97 Å². The molecular weight excluding hydrogens is 406 g/mol. The van der Waals surface area contributed by atoms with E-state index in [2.05, 4.69) is 41.8 Å². The Morgan fingerprint density at radius 1 is 1.25 bits per heavy atom. The van der Waals surface area contributed by atoms with Crippen LogP contribution in [0.3, 0.4) is 0 Å². The van der Waals surface area contributed by atoms with Gasteiger partial charge in [-0.3, -0.25) is 0 Å². The van der Waals surface area contributed by atoms with Gasteiger partial charge in [0.25, 0.3) is 0 Å². The first kappa shape index (κ1) is 15.8. The molecule has 0 aliphatic carbocycles. The van der Waals surface area contributed by atoms with E-state index >= 15 is 0 Å². The summed E-state index contributed by atoms with van der Waals surface area (Å²) in [4.78, 5) is 9.90. The van der Waals surface area contributed by atoms with Gasteiger partial charge in [-0.15, -0.1) is 11.8 Å². The van der Waals surface area contributed by atoms with E-state index in [0.29, 0.717) is 28.5 Å². The number of ether oxygens (including phenoxy) is 1. The fourth-order valence-electron chi connectivity index (χ4n) is 1.57. The highest BCUT2D eigenvalue weighted by Crippen LogP contribution is 2.30. The number of benzene rings is 1. The van der Waals surface area contributed by atoms with Crippen molar-refractivity contribution in [2.45, 2.75) is 17.3 Å². The summed E-state index contributed by atoms with van der Waals surface area (Å²) >= 11 is 8.56. The van der Waals surface area contributed by atoms with Gasteiger partial charge in [0.15, 0.2) is 0 Å². The summed E-state index contributed by atoms with van der Waals surface area (Å²) in [6, 6.07) is 8.04. The highest BCUT2D eigenvalue weighted by Gasteiger charge is 2.10. The highest BCUT2D eigenvalue weighted by molar-refractivity contribution is 9.11. The summed E-state index contributed by atoms with van der Waals surface area (Å²) in [5, 5.41) is 0.